The monoisotopic (exact) mass is 344 g/mol. The fourth-order valence-electron chi connectivity index (χ4n) is 2.03. The number of aromatic nitrogens is 4. The topological polar surface area (TPSA) is 101 Å². The Morgan fingerprint density at radius 3 is 2.88 bits per heavy atom. The van der Waals surface area contributed by atoms with Crippen molar-refractivity contribution in [1.82, 2.24) is 30.2 Å². The molecule has 8 nitrogen and oxygen atoms in total. The maximum Gasteiger partial charge on any atom is 0.270 e. The quantitative estimate of drug-likeness (QED) is 0.713. The minimum absolute atomic E-state index is 0.152. The second-order valence-corrected chi connectivity index (χ2v) is 5.30. The Morgan fingerprint density at radius 2 is 2.04 bits per heavy atom. The van der Waals surface area contributed by atoms with Crippen molar-refractivity contribution < 1.29 is 9.59 Å². The van der Waals surface area contributed by atoms with E-state index in [1.54, 1.807) is 10.5 Å². The molecule has 0 aromatic carbocycles. The molecule has 0 aliphatic rings. The highest BCUT2D eigenvalue weighted by Crippen LogP contribution is 2.07. The van der Waals surface area contributed by atoms with Gasteiger partial charge in [0, 0.05) is 17.4 Å². The molecular weight excluding hydrogens is 332 g/mol. The van der Waals surface area contributed by atoms with Crippen molar-refractivity contribution in [2.75, 3.05) is 6.54 Å². The number of nitrogens with one attached hydrogen (secondary N) is 2. The lowest BCUT2D eigenvalue weighted by Gasteiger charge is -2.06. The molecule has 0 saturated carbocycles. The van der Waals surface area contributed by atoms with Crippen molar-refractivity contribution in [3.63, 3.8) is 0 Å². The molecule has 24 heavy (non-hydrogen) atoms. The van der Waals surface area contributed by atoms with Crippen LogP contribution in [0.25, 0.3) is 5.65 Å². The SMILES string of the molecule is O=C(CNC(=O)c1cc(Cl)ccn1)NCc1nnc2ccccn12. The summed E-state index contributed by atoms with van der Waals surface area (Å²) in [6, 6.07) is 8.51. The molecule has 122 valence electrons. The zero-order chi connectivity index (χ0) is 16.9. The van der Waals surface area contributed by atoms with Crippen molar-refractivity contribution in [1.29, 1.82) is 0 Å². The lowest BCUT2D eigenvalue weighted by atomic mass is 10.3. The standard InChI is InChI=1S/C15H13ClN6O2/c16-10-4-5-17-11(7-10)15(24)19-9-14(23)18-8-13-21-20-12-3-1-2-6-22(12)13/h1-7H,8-9H2,(H,18,23)(H,19,24). The van der Waals surface area contributed by atoms with Crippen LogP contribution in [0.15, 0.2) is 42.7 Å². The van der Waals surface area contributed by atoms with E-state index in [4.69, 9.17) is 11.6 Å². The third-order valence-electron chi connectivity index (χ3n) is 3.19. The molecule has 0 aliphatic heterocycles. The predicted octanol–water partition coefficient (Wildman–Crippen LogP) is 0.824. The maximum absolute atomic E-state index is 11.9. The Balaban J connectivity index is 1.52. The lowest BCUT2D eigenvalue weighted by Crippen LogP contribution is -2.37. The van der Waals surface area contributed by atoms with Crippen LogP contribution in [0.2, 0.25) is 5.02 Å². The number of halogens is 1. The zero-order valence-corrected chi connectivity index (χ0v) is 13.2. The van der Waals surface area contributed by atoms with Crippen LogP contribution in [0.1, 0.15) is 16.3 Å². The molecule has 0 radical (unpaired) electrons. The number of hydrogen-bond acceptors (Lipinski definition) is 5. The van der Waals surface area contributed by atoms with Crippen molar-refractivity contribution >= 4 is 29.1 Å². The van der Waals surface area contributed by atoms with Crippen LogP contribution in [0.5, 0.6) is 0 Å². The lowest BCUT2D eigenvalue weighted by molar-refractivity contribution is -0.120. The molecule has 0 bridgehead atoms. The Bertz CT molecular complexity index is 894. The molecular formula is C15H13ClN6O2. The van der Waals surface area contributed by atoms with Crippen LogP contribution in [0, 0.1) is 0 Å². The molecule has 0 spiro atoms. The highest BCUT2D eigenvalue weighted by atomic mass is 35.5. The number of hydrogen-bond donors (Lipinski definition) is 2. The summed E-state index contributed by atoms with van der Waals surface area (Å²) in [5.74, 6) is -0.222. The molecule has 9 heteroatoms. The Morgan fingerprint density at radius 1 is 1.17 bits per heavy atom. The van der Waals surface area contributed by atoms with Gasteiger partial charge in [0.25, 0.3) is 5.91 Å². The van der Waals surface area contributed by atoms with Crippen molar-refractivity contribution in [2.24, 2.45) is 0 Å². The smallest absolute Gasteiger partial charge is 0.270 e. The van der Waals surface area contributed by atoms with Crippen LogP contribution in [0.3, 0.4) is 0 Å². The van der Waals surface area contributed by atoms with E-state index in [9.17, 15) is 9.59 Å². The summed E-state index contributed by atoms with van der Waals surface area (Å²) in [4.78, 5) is 27.6. The first kappa shape index (κ1) is 15.9. The second-order valence-electron chi connectivity index (χ2n) is 4.86. The van der Waals surface area contributed by atoms with Gasteiger partial charge in [0.05, 0.1) is 13.1 Å². The summed E-state index contributed by atoms with van der Waals surface area (Å²) in [5.41, 5.74) is 0.848. The van der Waals surface area contributed by atoms with Gasteiger partial charge in [-0.15, -0.1) is 10.2 Å². The molecule has 3 aromatic heterocycles. The Hall–Kier alpha value is -3.00. The first-order valence-electron chi connectivity index (χ1n) is 7.08. The van der Waals surface area contributed by atoms with Gasteiger partial charge in [-0.05, 0) is 24.3 Å². The molecule has 0 unspecified atom stereocenters. The first-order chi connectivity index (χ1) is 11.6. The van der Waals surface area contributed by atoms with E-state index in [-0.39, 0.29) is 24.7 Å². The van der Waals surface area contributed by atoms with Crippen LogP contribution < -0.4 is 10.6 Å². The fraction of sp³-hybridized carbons (Fsp3) is 0.133. The highest BCUT2D eigenvalue weighted by Gasteiger charge is 2.11. The van der Waals surface area contributed by atoms with E-state index in [2.05, 4.69) is 25.8 Å². The third kappa shape index (κ3) is 3.66. The van der Waals surface area contributed by atoms with E-state index >= 15 is 0 Å². The van der Waals surface area contributed by atoms with Crippen LogP contribution in [0.4, 0.5) is 0 Å². The highest BCUT2D eigenvalue weighted by molar-refractivity contribution is 6.30. The molecule has 2 N–H and O–H groups in total. The summed E-state index contributed by atoms with van der Waals surface area (Å²) in [6.45, 7) is 0.0268. The largest absolute Gasteiger partial charge is 0.347 e. The van der Waals surface area contributed by atoms with Crippen LogP contribution >= 0.6 is 11.6 Å². The van der Waals surface area contributed by atoms with Crippen LogP contribution in [-0.4, -0.2) is 37.9 Å². The number of carbonyl (C=O) groups excluding carboxylic acids is 2. The van der Waals surface area contributed by atoms with Crippen molar-refractivity contribution in [3.8, 4) is 0 Å². The number of rotatable bonds is 5. The average Bonchev–Trinajstić information content (AvgIpc) is 3.01. The second kappa shape index (κ2) is 7.05. The van der Waals surface area contributed by atoms with Gasteiger partial charge in [0.1, 0.15) is 5.69 Å². The number of nitrogens with zero attached hydrogens (tertiary/aromatic N) is 4. The molecule has 3 aromatic rings. The molecule has 0 atom stereocenters. The molecule has 3 rings (SSSR count). The fourth-order valence-corrected chi connectivity index (χ4v) is 2.19. The summed E-state index contributed by atoms with van der Waals surface area (Å²) in [5, 5.41) is 13.5. The summed E-state index contributed by atoms with van der Waals surface area (Å²) in [7, 11) is 0. The third-order valence-corrected chi connectivity index (χ3v) is 3.43. The van der Waals surface area contributed by atoms with Gasteiger partial charge >= 0.3 is 0 Å². The zero-order valence-electron chi connectivity index (χ0n) is 12.4. The van der Waals surface area contributed by atoms with Gasteiger partial charge in [-0.1, -0.05) is 17.7 Å². The van der Waals surface area contributed by atoms with Gasteiger partial charge in [0.2, 0.25) is 5.91 Å². The number of amides is 2. The first-order valence-corrected chi connectivity index (χ1v) is 7.46. The van der Waals surface area contributed by atoms with Gasteiger partial charge in [-0.25, -0.2) is 0 Å². The van der Waals surface area contributed by atoms with Crippen molar-refractivity contribution in [2.45, 2.75) is 6.54 Å². The molecule has 3 heterocycles. The van der Waals surface area contributed by atoms with E-state index in [0.717, 1.165) is 0 Å². The normalized spacial score (nSPS) is 10.5. The number of carbonyl (C=O) groups is 2. The van der Waals surface area contributed by atoms with Gasteiger partial charge < -0.3 is 10.6 Å². The predicted molar refractivity (Wildman–Crippen MR) is 86.4 cm³/mol. The number of fused-ring (bicyclic) bond motifs is 1. The molecule has 0 fully saturated rings. The summed E-state index contributed by atoms with van der Waals surface area (Å²) in [6.07, 6.45) is 3.23. The summed E-state index contributed by atoms with van der Waals surface area (Å²) >= 11 is 5.79. The van der Waals surface area contributed by atoms with Crippen LogP contribution in [-0.2, 0) is 11.3 Å². The van der Waals surface area contributed by atoms with E-state index in [1.807, 2.05) is 24.4 Å². The van der Waals surface area contributed by atoms with Gasteiger partial charge in [-0.2, -0.15) is 0 Å². The molecule has 0 aliphatic carbocycles. The Labute approximate surface area is 141 Å². The molecule has 2 amide bonds. The van der Waals surface area contributed by atoms with E-state index < -0.39 is 5.91 Å². The Kier molecular flexibility index (Phi) is 4.66. The molecule has 0 saturated heterocycles. The minimum atomic E-state index is -0.472. The van der Waals surface area contributed by atoms with Crippen molar-refractivity contribution in [3.05, 3.63) is 59.3 Å². The summed E-state index contributed by atoms with van der Waals surface area (Å²) < 4.78 is 1.77. The minimum Gasteiger partial charge on any atom is -0.347 e. The van der Waals surface area contributed by atoms with E-state index in [0.29, 0.717) is 16.5 Å². The van der Waals surface area contributed by atoms with Gasteiger partial charge in [-0.3, -0.25) is 19.0 Å². The maximum atomic E-state index is 11.9. The van der Waals surface area contributed by atoms with Gasteiger partial charge in [0.15, 0.2) is 11.5 Å². The van der Waals surface area contributed by atoms with E-state index in [1.165, 1.54) is 12.3 Å². The number of pyridine rings is 2. The average molecular weight is 345 g/mol.